The number of nitrogens with zero attached hydrogens (tertiary/aromatic N) is 1. The van der Waals surface area contributed by atoms with E-state index in [2.05, 4.69) is 19.2 Å². The van der Waals surface area contributed by atoms with E-state index in [4.69, 9.17) is 9.47 Å². The number of fused-ring (bicyclic) bond motifs is 1. The minimum absolute atomic E-state index is 0.135. The third kappa shape index (κ3) is 5.04. The highest BCUT2D eigenvalue weighted by molar-refractivity contribution is 7.89. The monoisotopic (exact) mass is 424 g/mol. The molecule has 0 bridgehead atoms. The van der Waals surface area contributed by atoms with E-state index in [0.717, 1.165) is 25.7 Å². The Morgan fingerprint density at radius 3 is 2.72 bits per heavy atom. The smallest absolute Gasteiger partial charge is 0.243 e. The molecule has 29 heavy (non-hydrogen) atoms. The van der Waals surface area contributed by atoms with E-state index in [9.17, 15) is 13.2 Å². The van der Waals surface area contributed by atoms with Crippen molar-refractivity contribution in [3.63, 3.8) is 0 Å². The van der Waals surface area contributed by atoms with Crippen LogP contribution in [-0.2, 0) is 14.8 Å². The molecule has 1 fully saturated rings. The van der Waals surface area contributed by atoms with Gasteiger partial charge in [-0.3, -0.25) is 4.79 Å². The van der Waals surface area contributed by atoms with Crippen molar-refractivity contribution >= 4 is 15.9 Å². The van der Waals surface area contributed by atoms with Gasteiger partial charge < -0.3 is 14.8 Å². The molecule has 0 aromatic heterocycles. The first-order valence-corrected chi connectivity index (χ1v) is 12.1. The van der Waals surface area contributed by atoms with Gasteiger partial charge in [-0.15, -0.1) is 0 Å². The van der Waals surface area contributed by atoms with Crippen molar-refractivity contribution in [1.29, 1.82) is 0 Å². The largest absolute Gasteiger partial charge is 0.486 e. The molecule has 8 heteroatoms. The van der Waals surface area contributed by atoms with Crippen LogP contribution in [0.2, 0.25) is 0 Å². The maximum atomic E-state index is 13.2. The molecule has 0 unspecified atom stereocenters. The number of carbonyl (C=O) groups is 1. The zero-order valence-corrected chi connectivity index (χ0v) is 18.2. The number of unbranched alkanes of at least 4 members (excludes halogenated alkanes) is 1. The Labute approximate surface area is 173 Å². The van der Waals surface area contributed by atoms with Crippen LogP contribution in [-0.4, -0.2) is 51.0 Å². The lowest BCUT2D eigenvalue weighted by molar-refractivity contribution is -0.124. The second kappa shape index (κ2) is 9.80. The van der Waals surface area contributed by atoms with Gasteiger partial charge in [0.2, 0.25) is 15.9 Å². The number of carbonyl (C=O) groups excluding carboxylic acids is 1. The van der Waals surface area contributed by atoms with Gasteiger partial charge in [-0.25, -0.2) is 8.42 Å². The molecule has 2 heterocycles. The molecule has 1 aromatic carbocycles. The topological polar surface area (TPSA) is 84.9 Å². The van der Waals surface area contributed by atoms with Crippen molar-refractivity contribution in [3.8, 4) is 11.5 Å². The minimum atomic E-state index is -3.79. The van der Waals surface area contributed by atoms with Gasteiger partial charge in [-0.2, -0.15) is 4.31 Å². The van der Waals surface area contributed by atoms with E-state index < -0.39 is 16.1 Å². The number of amides is 1. The van der Waals surface area contributed by atoms with Crippen molar-refractivity contribution in [2.45, 2.75) is 63.3 Å². The zero-order chi connectivity index (χ0) is 20.9. The summed E-state index contributed by atoms with van der Waals surface area (Å²) >= 11 is 0. The molecule has 0 saturated carbocycles. The summed E-state index contributed by atoms with van der Waals surface area (Å²) in [4.78, 5) is 12.9. The molecule has 0 aliphatic carbocycles. The number of rotatable bonds is 9. The molecule has 2 atom stereocenters. The molecule has 2 aliphatic rings. The highest BCUT2D eigenvalue weighted by Gasteiger charge is 2.39. The molecule has 3 rings (SSSR count). The predicted molar refractivity (Wildman–Crippen MR) is 111 cm³/mol. The van der Waals surface area contributed by atoms with Crippen molar-refractivity contribution in [2.75, 3.05) is 26.3 Å². The van der Waals surface area contributed by atoms with Crippen molar-refractivity contribution in [2.24, 2.45) is 5.92 Å². The Bertz CT molecular complexity index is 811. The summed E-state index contributed by atoms with van der Waals surface area (Å²) < 4.78 is 38.8. The number of nitrogens with one attached hydrogen (secondary N) is 1. The normalized spacial score (nSPS) is 20.4. The molecule has 162 valence electrons. The van der Waals surface area contributed by atoms with Crippen LogP contribution in [0.3, 0.4) is 0 Å². The van der Waals surface area contributed by atoms with Crippen LogP contribution in [0.4, 0.5) is 0 Å². The fourth-order valence-corrected chi connectivity index (χ4v) is 5.59. The minimum Gasteiger partial charge on any atom is -0.486 e. The van der Waals surface area contributed by atoms with E-state index in [0.29, 0.717) is 56.6 Å². The van der Waals surface area contributed by atoms with Gasteiger partial charge in [-0.05, 0) is 37.3 Å². The number of benzene rings is 1. The zero-order valence-electron chi connectivity index (χ0n) is 17.4. The lowest BCUT2D eigenvalue weighted by atomic mass is 9.99. The van der Waals surface area contributed by atoms with Crippen LogP contribution in [0.1, 0.15) is 52.4 Å². The SMILES string of the molecule is CCCC[C@@H](CC)CNC(=O)[C@@H]1CCCN1S(=O)(=O)c1ccc2c(c1)OCCO2. The Hall–Kier alpha value is -1.80. The van der Waals surface area contributed by atoms with Gasteiger partial charge in [0.05, 0.1) is 4.90 Å². The molecule has 0 radical (unpaired) electrons. The van der Waals surface area contributed by atoms with Gasteiger partial charge >= 0.3 is 0 Å². The average molecular weight is 425 g/mol. The maximum Gasteiger partial charge on any atom is 0.243 e. The summed E-state index contributed by atoms with van der Waals surface area (Å²) in [5, 5.41) is 3.00. The Morgan fingerprint density at radius 2 is 2.00 bits per heavy atom. The standard InChI is InChI=1S/C21H32N2O5S/c1-3-5-7-16(4-2)15-22-21(24)18-8-6-11-23(18)29(25,26)17-9-10-19-20(14-17)28-13-12-27-19/h9-10,14,16,18H,3-8,11-13,15H2,1-2H3,(H,22,24)/t16-,18+/m1/s1. The summed E-state index contributed by atoms with van der Waals surface area (Å²) in [6.45, 7) is 6.07. The van der Waals surface area contributed by atoms with Crippen LogP contribution in [0.5, 0.6) is 11.5 Å². The van der Waals surface area contributed by atoms with Gasteiger partial charge in [0.1, 0.15) is 19.3 Å². The Morgan fingerprint density at radius 1 is 1.24 bits per heavy atom. The van der Waals surface area contributed by atoms with Crippen molar-refractivity contribution < 1.29 is 22.7 Å². The van der Waals surface area contributed by atoms with E-state index in [1.54, 1.807) is 6.07 Å². The fourth-order valence-electron chi connectivity index (χ4n) is 3.92. The summed E-state index contributed by atoms with van der Waals surface area (Å²) in [5.41, 5.74) is 0. The van der Waals surface area contributed by atoms with Crippen LogP contribution in [0.15, 0.2) is 23.1 Å². The van der Waals surface area contributed by atoms with Crippen LogP contribution in [0, 0.1) is 5.92 Å². The van der Waals surface area contributed by atoms with Crippen molar-refractivity contribution in [3.05, 3.63) is 18.2 Å². The average Bonchev–Trinajstić information content (AvgIpc) is 3.24. The second-order valence-corrected chi connectivity index (χ2v) is 9.63. The highest BCUT2D eigenvalue weighted by Crippen LogP contribution is 2.34. The van der Waals surface area contributed by atoms with Crippen LogP contribution in [0.25, 0.3) is 0 Å². The lowest BCUT2D eigenvalue weighted by Crippen LogP contribution is -2.46. The summed E-state index contributed by atoms with van der Waals surface area (Å²) in [6.07, 6.45) is 5.58. The van der Waals surface area contributed by atoms with Gasteiger partial charge in [0.15, 0.2) is 11.5 Å². The molecule has 1 aromatic rings. The molecule has 1 amide bonds. The van der Waals surface area contributed by atoms with Crippen LogP contribution >= 0.6 is 0 Å². The molecule has 0 spiro atoms. The van der Waals surface area contributed by atoms with Crippen molar-refractivity contribution in [1.82, 2.24) is 9.62 Å². The third-order valence-electron chi connectivity index (χ3n) is 5.73. The number of hydrogen-bond donors (Lipinski definition) is 1. The quantitative estimate of drug-likeness (QED) is 0.659. The highest BCUT2D eigenvalue weighted by atomic mass is 32.2. The summed E-state index contributed by atoms with van der Waals surface area (Å²) in [7, 11) is -3.79. The van der Waals surface area contributed by atoms with Gasteiger partial charge in [0, 0.05) is 19.2 Å². The van der Waals surface area contributed by atoms with E-state index >= 15 is 0 Å². The molecular formula is C21H32N2O5S. The number of sulfonamides is 1. The maximum absolute atomic E-state index is 13.2. The first kappa shape index (κ1) is 21.9. The Kier molecular flexibility index (Phi) is 7.40. The number of ether oxygens (including phenoxy) is 2. The third-order valence-corrected chi connectivity index (χ3v) is 7.64. The molecule has 7 nitrogen and oxygen atoms in total. The molecule has 2 aliphatic heterocycles. The second-order valence-electron chi connectivity index (χ2n) is 7.74. The predicted octanol–water partition coefficient (Wildman–Crippen LogP) is 2.94. The number of hydrogen-bond acceptors (Lipinski definition) is 5. The Balaban J connectivity index is 1.69. The lowest BCUT2D eigenvalue weighted by Gasteiger charge is -2.25. The summed E-state index contributed by atoms with van der Waals surface area (Å²) in [5.74, 6) is 1.21. The van der Waals surface area contributed by atoms with E-state index in [-0.39, 0.29) is 10.8 Å². The van der Waals surface area contributed by atoms with Crippen LogP contribution < -0.4 is 14.8 Å². The van der Waals surface area contributed by atoms with E-state index in [1.165, 1.54) is 16.4 Å². The first-order valence-electron chi connectivity index (χ1n) is 10.7. The first-order chi connectivity index (χ1) is 14.0. The molecule has 1 N–H and O–H groups in total. The fraction of sp³-hybridized carbons (Fsp3) is 0.667. The van der Waals surface area contributed by atoms with Gasteiger partial charge in [0.25, 0.3) is 0 Å². The van der Waals surface area contributed by atoms with Gasteiger partial charge in [-0.1, -0.05) is 33.1 Å². The molecule has 1 saturated heterocycles. The molecular weight excluding hydrogens is 392 g/mol. The van der Waals surface area contributed by atoms with E-state index in [1.807, 2.05) is 0 Å². The summed E-state index contributed by atoms with van der Waals surface area (Å²) in [6, 6.07) is 3.98.